The predicted octanol–water partition coefficient (Wildman–Crippen LogP) is 3.73. The van der Waals surface area contributed by atoms with Crippen molar-refractivity contribution in [3.8, 4) is 17.1 Å². The number of esters is 1. The fraction of sp³-hybridized carbons (Fsp3) is 0.625. The number of carbonyl (C=O) groups excluding carboxylic acids is 1. The summed E-state index contributed by atoms with van der Waals surface area (Å²) in [5, 5.41) is 33.6. The molecule has 0 spiro atoms. The van der Waals surface area contributed by atoms with Gasteiger partial charge in [-0.3, -0.25) is 14.6 Å². The predicted molar refractivity (Wildman–Crippen MR) is 147 cm³/mol. The lowest BCUT2D eigenvalue weighted by Crippen LogP contribution is -2.66. The lowest BCUT2D eigenvalue weighted by Gasteiger charge is -2.64. The van der Waals surface area contributed by atoms with Crippen LogP contribution in [0.1, 0.15) is 71.0 Å². The summed E-state index contributed by atoms with van der Waals surface area (Å²) in [6.07, 6.45) is 2.95. The zero-order valence-corrected chi connectivity index (χ0v) is 24.0. The molecular formula is C32H37NO9. The van der Waals surface area contributed by atoms with Gasteiger partial charge in [0, 0.05) is 35.4 Å². The van der Waals surface area contributed by atoms with E-state index in [2.05, 4.69) is 4.98 Å². The summed E-state index contributed by atoms with van der Waals surface area (Å²) >= 11 is 0. The Morgan fingerprint density at radius 1 is 1.12 bits per heavy atom. The van der Waals surface area contributed by atoms with Gasteiger partial charge < -0.3 is 29.2 Å². The Labute approximate surface area is 243 Å². The molecule has 0 bridgehead atoms. The minimum Gasteiger partial charge on any atom is -0.486 e. The molecule has 4 unspecified atom stereocenters. The number of aromatic nitrogens is 1. The number of nitrogens with zero attached hydrogens (tertiary/aromatic N) is 1. The fourth-order valence-corrected chi connectivity index (χ4v) is 9.01. The molecule has 42 heavy (non-hydrogen) atoms. The third-order valence-electron chi connectivity index (χ3n) is 11.6. The number of fused-ring (bicyclic) bond motifs is 4. The van der Waals surface area contributed by atoms with Crippen molar-refractivity contribution in [2.24, 2.45) is 39.9 Å². The minimum absolute atomic E-state index is 0.0174. The Balaban J connectivity index is 1.29. The standard InChI is InChI=1S/C32H37NO9/c1-30-9-8-22(42-27(36)15-6-7-15)32(3,21-13-31(21,2)29(38)39)20(30)11-17(34)26-24(30)25(35)23-19(40-26)12-18(41-28(23)37)16-5-4-10-33-14-16/h4-5,10,12,14-15,17,20-22,24-26,34-35H,6-9,11,13H2,1-3H3,(H,38,39)/t17-,20?,21?,22-,24?,25+,26-,30-,31?,32+/m0/s1. The Hall–Kier alpha value is -3.24. The molecule has 2 aromatic rings. The Bertz CT molecular complexity index is 1500. The maximum atomic E-state index is 13.3. The number of carboxylic acid groups (broad SMARTS) is 1. The molecule has 10 atom stereocenters. The molecule has 4 aliphatic carbocycles. The van der Waals surface area contributed by atoms with Crippen LogP contribution in [0.4, 0.5) is 0 Å². The van der Waals surface area contributed by atoms with E-state index in [4.69, 9.17) is 13.9 Å². The molecule has 0 saturated heterocycles. The first-order valence-electron chi connectivity index (χ1n) is 14.9. The van der Waals surface area contributed by atoms with Crippen molar-refractivity contribution >= 4 is 11.9 Å². The van der Waals surface area contributed by atoms with Gasteiger partial charge in [0.05, 0.1) is 23.5 Å². The number of pyridine rings is 1. The lowest BCUT2D eigenvalue weighted by molar-refractivity contribution is -0.238. The van der Waals surface area contributed by atoms with Gasteiger partial charge in [0.25, 0.3) is 0 Å². The van der Waals surface area contributed by atoms with E-state index in [1.165, 1.54) is 0 Å². The van der Waals surface area contributed by atoms with E-state index in [1.54, 1.807) is 37.5 Å². The normalized spacial score (nSPS) is 41.9. The molecule has 0 amide bonds. The van der Waals surface area contributed by atoms with E-state index in [1.807, 2.05) is 13.8 Å². The molecule has 2 aromatic heterocycles. The Kier molecular flexibility index (Phi) is 6.00. The zero-order valence-electron chi connectivity index (χ0n) is 24.0. The second kappa shape index (κ2) is 9.13. The number of aliphatic hydroxyl groups excluding tert-OH is 2. The number of aliphatic carboxylic acids is 1. The second-order valence-electron chi connectivity index (χ2n) is 13.9. The molecule has 10 nitrogen and oxygen atoms in total. The highest BCUT2D eigenvalue weighted by molar-refractivity contribution is 5.78. The molecule has 10 heteroatoms. The number of ether oxygens (including phenoxy) is 2. The van der Waals surface area contributed by atoms with Crippen LogP contribution >= 0.6 is 0 Å². The summed E-state index contributed by atoms with van der Waals surface area (Å²) in [6, 6.07) is 5.03. The van der Waals surface area contributed by atoms with Gasteiger partial charge in [-0.1, -0.05) is 13.8 Å². The molecule has 3 N–H and O–H groups in total. The van der Waals surface area contributed by atoms with Crippen molar-refractivity contribution in [3.05, 3.63) is 46.6 Å². The van der Waals surface area contributed by atoms with Crippen molar-refractivity contribution in [2.45, 2.75) is 83.7 Å². The number of rotatable bonds is 5. The molecule has 224 valence electrons. The van der Waals surface area contributed by atoms with Crippen LogP contribution in [0.15, 0.2) is 39.8 Å². The summed E-state index contributed by atoms with van der Waals surface area (Å²) in [4.78, 5) is 42.6. The quantitative estimate of drug-likeness (QED) is 0.446. The van der Waals surface area contributed by atoms with E-state index in [-0.39, 0.29) is 47.2 Å². The maximum absolute atomic E-state index is 13.3. The molecule has 7 rings (SSSR count). The molecule has 0 radical (unpaired) electrons. The van der Waals surface area contributed by atoms with Gasteiger partial charge in [0.1, 0.15) is 29.3 Å². The van der Waals surface area contributed by atoms with Crippen molar-refractivity contribution < 1.29 is 38.8 Å². The smallest absolute Gasteiger partial charge is 0.345 e. The van der Waals surface area contributed by atoms with E-state index in [9.17, 15) is 29.7 Å². The van der Waals surface area contributed by atoms with Gasteiger partial charge in [-0.25, -0.2) is 4.79 Å². The van der Waals surface area contributed by atoms with Crippen LogP contribution in [0.3, 0.4) is 0 Å². The third-order valence-corrected chi connectivity index (χ3v) is 11.6. The molecule has 4 saturated carbocycles. The number of aliphatic hydroxyl groups is 2. The second-order valence-corrected chi connectivity index (χ2v) is 13.9. The van der Waals surface area contributed by atoms with Crippen molar-refractivity contribution in [3.63, 3.8) is 0 Å². The van der Waals surface area contributed by atoms with Crippen LogP contribution in [-0.4, -0.2) is 50.6 Å². The van der Waals surface area contributed by atoms with E-state index in [0.29, 0.717) is 24.8 Å². The first-order valence-corrected chi connectivity index (χ1v) is 14.9. The summed E-state index contributed by atoms with van der Waals surface area (Å²) in [6.45, 7) is 5.78. The average Bonchev–Trinajstić information content (AvgIpc) is 3.88. The number of hydrogen-bond acceptors (Lipinski definition) is 9. The summed E-state index contributed by atoms with van der Waals surface area (Å²) in [5.41, 5.74) is -2.52. The SMILES string of the molecule is CC1(C(=O)O)CC1[C@@]1(C)C2C[C@H](O)[C@@H]3Oc4cc(-c5cccnc5)oc(=O)c4[C@@H](O)C3[C@@]2(C)CC[C@@H]1OC(=O)C1CC1. The van der Waals surface area contributed by atoms with E-state index < -0.39 is 58.2 Å². The van der Waals surface area contributed by atoms with Gasteiger partial charge >= 0.3 is 17.6 Å². The first-order chi connectivity index (χ1) is 19.9. The highest BCUT2D eigenvalue weighted by Crippen LogP contribution is 2.73. The Morgan fingerprint density at radius 2 is 1.88 bits per heavy atom. The van der Waals surface area contributed by atoms with Crippen molar-refractivity contribution in [1.29, 1.82) is 0 Å². The average molecular weight is 580 g/mol. The first kappa shape index (κ1) is 27.6. The molecule has 0 aromatic carbocycles. The number of carboxylic acids is 1. The van der Waals surface area contributed by atoms with Gasteiger partial charge in [-0.2, -0.15) is 0 Å². The van der Waals surface area contributed by atoms with Gasteiger partial charge in [0.15, 0.2) is 0 Å². The zero-order chi connectivity index (χ0) is 29.8. The van der Waals surface area contributed by atoms with Gasteiger partial charge in [-0.05, 0) is 74.8 Å². The molecule has 4 fully saturated rings. The third kappa shape index (κ3) is 3.83. The fourth-order valence-electron chi connectivity index (χ4n) is 9.01. The molecule has 5 aliphatic rings. The summed E-state index contributed by atoms with van der Waals surface area (Å²) in [5.74, 6) is -2.06. The Morgan fingerprint density at radius 3 is 2.52 bits per heavy atom. The van der Waals surface area contributed by atoms with Crippen LogP contribution < -0.4 is 10.4 Å². The molecular weight excluding hydrogens is 542 g/mol. The minimum atomic E-state index is -1.28. The van der Waals surface area contributed by atoms with Gasteiger partial charge in [0.2, 0.25) is 0 Å². The van der Waals surface area contributed by atoms with Crippen LogP contribution in [0.2, 0.25) is 0 Å². The summed E-state index contributed by atoms with van der Waals surface area (Å²) < 4.78 is 18.1. The van der Waals surface area contributed by atoms with E-state index >= 15 is 0 Å². The summed E-state index contributed by atoms with van der Waals surface area (Å²) in [7, 11) is 0. The highest BCUT2D eigenvalue weighted by atomic mass is 16.5. The maximum Gasteiger partial charge on any atom is 0.345 e. The molecule has 1 aliphatic heterocycles. The van der Waals surface area contributed by atoms with Crippen LogP contribution in [0.5, 0.6) is 5.75 Å². The molecule has 3 heterocycles. The van der Waals surface area contributed by atoms with Crippen LogP contribution in [0.25, 0.3) is 11.3 Å². The lowest BCUT2D eigenvalue weighted by atomic mass is 9.43. The number of carbonyl (C=O) groups is 2. The topological polar surface area (TPSA) is 156 Å². The van der Waals surface area contributed by atoms with Crippen LogP contribution in [-0.2, 0) is 14.3 Å². The van der Waals surface area contributed by atoms with Gasteiger partial charge in [-0.15, -0.1) is 0 Å². The van der Waals surface area contributed by atoms with E-state index in [0.717, 1.165) is 12.8 Å². The monoisotopic (exact) mass is 579 g/mol. The largest absolute Gasteiger partial charge is 0.486 e. The van der Waals surface area contributed by atoms with Crippen molar-refractivity contribution in [1.82, 2.24) is 4.98 Å². The van der Waals surface area contributed by atoms with Crippen molar-refractivity contribution in [2.75, 3.05) is 0 Å². The van der Waals surface area contributed by atoms with Crippen LogP contribution in [0, 0.1) is 39.9 Å². The highest BCUT2D eigenvalue weighted by Gasteiger charge is 2.74. The number of hydrogen-bond donors (Lipinski definition) is 3.